The van der Waals surface area contributed by atoms with Crippen LogP contribution < -0.4 is 11.1 Å². The van der Waals surface area contributed by atoms with Gasteiger partial charge in [0.1, 0.15) is 0 Å². The van der Waals surface area contributed by atoms with Gasteiger partial charge >= 0.3 is 0 Å². The van der Waals surface area contributed by atoms with E-state index < -0.39 is 0 Å². The number of hydrogen-bond acceptors (Lipinski definition) is 2. The van der Waals surface area contributed by atoms with Crippen LogP contribution in [0.4, 0.5) is 11.4 Å². The number of benzene rings is 1. The molecule has 0 heterocycles. The largest absolute Gasteiger partial charge is 0.397 e. The number of anilines is 2. The normalized spacial score (nSPS) is 24.2. The second-order valence-corrected chi connectivity index (χ2v) is 5.98. The van der Waals surface area contributed by atoms with Crippen LogP contribution in [0.25, 0.3) is 0 Å². The van der Waals surface area contributed by atoms with Crippen LogP contribution in [0, 0.1) is 18.8 Å². The molecule has 2 unspecified atom stereocenters. The lowest BCUT2D eigenvalue weighted by atomic mass is 9.77. The van der Waals surface area contributed by atoms with Gasteiger partial charge in [-0.25, -0.2) is 0 Å². The van der Waals surface area contributed by atoms with Crippen LogP contribution >= 0.6 is 0 Å². The van der Waals surface area contributed by atoms with Gasteiger partial charge in [-0.15, -0.1) is 0 Å². The number of rotatable bonds is 3. The first-order chi connectivity index (χ1) is 8.59. The van der Waals surface area contributed by atoms with Crippen molar-refractivity contribution in [2.24, 2.45) is 11.8 Å². The Morgan fingerprint density at radius 2 is 1.94 bits per heavy atom. The molecule has 0 radical (unpaired) electrons. The van der Waals surface area contributed by atoms with Gasteiger partial charge in [0.05, 0.1) is 11.4 Å². The Labute approximate surface area is 111 Å². The highest BCUT2D eigenvalue weighted by molar-refractivity contribution is 5.69. The predicted molar refractivity (Wildman–Crippen MR) is 79.8 cm³/mol. The molecular formula is C16H26N2. The number of para-hydroxylation sites is 1. The molecule has 1 saturated carbocycles. The third kappa shape index (κ3) is 2.80. The fourth-order valence-electron chi connectivity index (χ4n) is 3.14. The zero-order chi connectivity index (χ0) is 13.1. The molecule has 1 aromatic carbocycles. The molecule has 1 aromatic rings. The van der Waals surface area contributed by atoms with E-state index in [1.165, 1.54) is 25.7 Å². The quantitative estimate of drug-likeness (QED) is 0.784. The van der Waals surface area contributed by atoms with Crippen LogP contribution in [0.2, 0.25) is 0 Å². The first kappa shape index (κ1) is 13.3. The molecule has 0 amide bonds. The lowest BCUT2D eigenvalue weighted by Crippen LogP contribution is -2.35. The standard InChI is InChI=1S/C16H26N2/c1-11(2)13-8-4-5-9-14(13)18-15-10-6-7-12(3)16(15)17/h6-7,10-11,13-14,18H,4-5,8-9,17H2,1-3H3. The van der Waals surface area contributed by atoms with E-state index in [1.807, 2.05) is 0 Å². The minimum Gasteiger partial charge on any atom is -0.397 e. The lowest BCUT2D eigenvalue weighted by Gasteiger charge is -2.36. The molecule has 1 aliphatic carbocycles. The maximum absolute atomic E-state index is 6.16. The topological polar surface area (TPSA) is 38.0 Å². The first-order valence-corrected chi connectivity index (χ1v) is 7.21. The Balaban J connectivity index is 2.13. The second kappa shape index (κ2) is 5.64. The van der Waals surface area contributed by atoms with Gasteiger partial charge < -0.3 is 11.1 Å². The molecule has 3 N–H and O–H groups in total. The molecule has 2 nitrogen and oxygen atoms in total. The van der Waals surface area contributed by atoms with Crippen LogP contribution in [-0.4, -0.2) is 6.04 Å². The summed E-state index contributed by atoms with van der Waals surface area (Å²) in [6.45, 7) is 6.75. The summed E-state index contributed by atoms with van der Waals surface area (Å²) in [7, 11) is 0. The van der Waals surface area contributed by atoms with Crippen LogP contribution in [0.15, 0.2) is 18.2 Å². The zero-order valence-electron chi connectivity index (χ0n) is 11.9. The predicted octanol–water partition coefficient (Wildman–Crippen LogP) is 4.20. The van der Waals surface area contributed by atoms with Crippen molar-refractivity contribution >= 4 is 11.4 Å². The van der Waals surface area contributed by atoms with Crippen molar-refractivity contribution in [1.82, 2.24) is 0 Å². The van der Waals surface area contributed by atoms with E-state index in [4.69, 9.17) is 5.73 Å². The van der Waals surface area contributed by atoms with Crippen molar-refractivity contribution in [2.45, 2.75) is 52.5 Å². The van der Waals surface area contributed by atoms with Crippen LogP contribution in [0.3, 0.4) is 0 Å². The van der Waals surface area contributed by atoms with Gasteiger partial charge in [-0.1, -0.05) is 38.8 Å². The molecule has 2 rings (SSSR count). The number of nitrogens with one attached hydrogen (secondary N) is 1. The van der Waals surface area contributed by atoms with E-state index in [1.54, 1.807) is 0 Å². The van der Waals surface area contributed by atoms with Gasteiger partial charge in [0.25, 0.3) is 0 Å². The highest BCUT2D eigenvalue weighted by atomic mass is 14.9. The number of aryl methyl sites for hydroxylation is 1. The van der Waals surface area contributed by atoms with E-state index in [-0.39, 0.29) is 0 Å². The first-order valence-electron chi connectivity index (χ1n) is 7.21. The maximum Gasteiger partial charge on any atom is 0.0579 e. The average molecular weight is 246 g/mol. The molecule has 1 aliphatic rings. The van der Waals surface area contributed by atoms with Crippen molar-refractivity contribution in [3.63, 3.8) is 0 Å². The number of hydrogen-bond donors (Lipinski definition) is 2. The summed E-state index contributed by atoms with van der Waals surface area (Å²) in [4.78, 5) is 0. The summed E-state index contributed by atoms with van der Waals surface area (Å²) in [5.74, 6) is 1.52. The molecule has 18 heavy (non-hydrogen) atoms. The third-order valence-electron chi connectivity index (χ3n) is 4.34. The van der Waals surface area contributed by atoms with Crippen molar-refractivity contribution in [2.75, 3.05) is 11.1 Å². The summed E-state index contributed by atoms with van der Waals surface area (Å²) in [6.07, 6.45) is 5.34. The van der Waals surface area contributed by atoms with Gasteiger partial charge in [0, 0.05) is 6.04 Å². The van der Waals surface area contributed by atoms with Crippen LogP contribution in [-0.2, 0) is 0 Å². The molecule has 2 heteroatoms. The third-order valence-corrected chi connectivity index (χ3v) is 4.34. The zero-order valence-corrected chi connectivity index (χ0v) is 11.9. The highest BCUT2D eigenvalue weighted by Gasteiger charge is 2.27. The Hall–Kier alpha value is -1.18. The summed E-state index contributed by atoms with van der Waals surface area (Å²) in [6, 6.07) is 6.85. The van der Waals surface area contributed by atoms with E-state index in [2.05, 4.69) is 44.3 Å². The van der Waals surface area contributed by atoms with Gasteiger partial charge in [0.2, 0.25) is 0 Å². The minimum absolute atomic E-state index is 0.586. The fraction of sp³-hybridized carbons (Fsp3) is 0.625. The smallest absolute Gasteiger partial charge is 0.0579 e. The number of nitrogen functional groups attached to an aromatic ring is 1. The van der Waals surface area contributed by atoms with Crippen molar-refractivity contribution in [3.05, 3.63) is 23.8 Å². The van der Waals surface area contributed by atoms with Gasteiger partial charge in [-0.2, -0.15) is 0 Å². The molecule has 0 saturated heterocycles. The molecule has 1 fully saturated rings. The monoisotopic (exact) mass is 246 g/mol. The molecule has 0 aliphatic heterocycles. The summed E-state index contributed by atoms with van der Waals surface area (Å²) in [5, 5.41) is 3.70. The van der Waals surface area contributed by atoms with Crippen molar-refractivity contribution in [1.29, 1.82) is 0 Å². The summed E-state index contributed by atoms with van der Waals surface area (Å²) in [5.41, 5.74) is 9.35. The van der Waals surface area contributed by atoms with Crippen LogP contribution in [0.5, 0.6) is 0 Å². The van der Waals surface area contributed by atoms with Crippen LogP contribution in [0.1, 0.15) is 45.1 Å². The number of nitrogens with two attached hydrogens (primary N) is 1. The molecular weight excluding hydrogens is 220 g/mol. The van der Waals surface area contributed by atoms with Crippen molar-refractivity contribution < 1.29 is 0 Å². The SMILES string of the molecule is Cc1cccc(NC2CCCCC2C(C)C)c1N. The molecule has 0 bridgehead atoms. The Bertz CT molecular complexity index is 398. The Morgan fingerprint density at radius 3 is 2.67 bits per heavy atom. The highest BCUT2D eigenvalue weighted by Crippen LogP contribution is 2.33. The van der Waals surface area contributed by atoms with Gasteiger partial charge in [0.15, 0.2) is 0 Å². The summed E-state index contributed by atoms with van der Waals surface area (Å²) >= 11 is 0. The van der Waals surface area contributed by atoms with E-state index >= 15 is 0 Å². The van der Waals surface area contributed by atoms with E-state index in [9.17, 15) is 0 Å². The molecule has 0 aromatic heterocycles. The van der Waals surface area contributed by atoms with E-state index in [0.29, 0.717) is 6.04 Å². The lowest BCUT2D eigenvalue weighted by molar-refractivity contribution is 0.254. The second-order valence-electron chi connectivity index (χ2n) is 5.98. The Morgan fingerprint density at radius 1 is 1.22 bits per heavy atom. The van der Waals surface area contributed by atoms with Gasteiger partial charge in [-0.05, 0) is 43.2 Å². The Kier molecular flexibility index (Phi) is 4.15. The maximum atomic E-state index is 6.16. The van der Waals surface area contributed by atoms with E-state index in [0.717, 1.165) is 28.8 Å². The average Bonchev–Trinajstić information content (AvgIpc) is 2.35. The minimum atomic E-state index is 0.586. The molecule has 0 spiro atoms. The molecule has 100 valence electrons. The summed E-state index contributed by atoms with van der Waals surface area (Å²) < 4.78 is 0. The van der Waals surface area contributed by atoms with Crippen molar-refractivity contribution in [3.8, 4) is 0 Å². The van der Waals surface area contributed by atoms with Gasteiger partial charge in [-0.3, -0.25) is 0 Å². The fourth-order valence-corrected chi connectivity index (χ4v) is 3.14. The molecule has 2 atom stereocenters.